The standard InChI is InChI=1S/C38H27BO2/c1-24-11-6-8-15-29(24)28-22-35-37-36(23-28)41-38-31(30-16-9-7-12-25(30)2)17-10-18-32(38)39(37)33-21-27(19-20-34(33)40-35)26-13-4-3-5-14-26/h3-23H,1-2H3. The van der Waals surface area contributed by atoms with Crippen molar-refractivity contribution in [3.8, 4) is 56.4 Å². The lowest BCUT2D eigenvalue weighted by atomic mass is 9.34. The highest BCUT2D eigenvalue weighted by atomic mass is 16.5. The summed E-state index contributed by atoms with van der Waals surface area (Å²) >= 11 is 0. The molecule has 0 saturated carbocycles. The summed E-state index contributed by atoms with van der Waals surface area (Å²) in [5, 5.41) is 0. The SMILES string of the molecule is Cc1ccccc1-c1cc2c3c(c1)Oc1c(cccc1-c1ccccc1C)B3c1cc(-c3ccccc3)ccc1O2. The van der Waals surface area contributed by atoms with Crippen molar-refractivity contribution in [3.63, 3.8) is 0 Å². The second-order valence-electron chi connectivity index (χ2n) is 11.0. The molecule has 0 unspecified atom stereocenters. The molecule has 0 saturated heterocycles. The highest BCUT2D eigenvalue weighted by molar-refractivity contribution is 6.98. The Morgan fingerprint density at radius 1 is 0.439 bits per heavy atom. The van der Waals surface area contributed by atoms with Crippen molar-refractivity contribution in [2.75, 3.05) is 0 Å². The zero-order chi connectivity index (χ0) is 27.5. The summed E-state index contributed by atoms with van der Waals surface area (Å²) in [5.41, 5.74) is 12.8. The van der Waals surface area contributed by atoms with Crippen molar-refractivity contribution in [1.29, 1.82) is 0 Å². The molecule has 0 N–H and O–H groups in total. The molecule has 6 aromatic carbocycles. The molecule has 2 aliphatic rings. The highest BCUT2D eigenvalue weighted by Gasteiger charge is 2.41. The van der Waals surface area contributed by atoms with Gasteiger partial charge >= 0.3 is 0 Å². The van der Waals surface area contributed by atoms with Gasteiger partial charge in [-0.1, -0.05) is 109 Å². The van der Waals surface area contributed by atoms with E-state index in [9.17, 15) is 0 Å². The van der Waals surface area contributed by atoms with Crippen LogP contribution in [0.1, 0.15) is 11.1 Å². The Kier molecular flexibility index (Phi) is 5.40. The van der Waals surface area contributed by atoms with Crippen LogP contribution in [0.5, 0.6) is 23.0 Å². The van der Waals surface area contributed by atoms with Crippen molar-refractivity contribution in [1.82, 2.24) is 0 Å². The van der Waals surface area contributed by atoms with Gasteiger partial charge in [0.25, 0.3) is 6.71 Å². The highest BCUT2D eigenvalue weighted by Crippen LogP contribution is 2.42. The molecule has 0 aromatic heterocycles. The van der Waals surface area contributed by atoms with Crippen LogP contribution in [0, 0.1) is 13.8 Å². The second kappa shape index (κ2) is 9.28. The molecule has 0 amide bonds. The summed E-state index contributed by atoms with van der Waals surface area (Å²) in [5.74, 6) is 3.53. The van der Waals surface area contributed by atoms with Gasteiger partial charge in [0, 0.05) is 11.0 Å². The second-order valence-corrected chi connectivity index (χ2v) is 11.0. The third-order valence-corrected chi connectivity index (χ3v) is 8.50. The first-order chi connectivity index (χ1) is 20.2. The minimum absolute atomic E-state index is 0.00829. The molecule has 0 radical (unpaired) electrons. The number of ether oxygens (including phenoxy) is 2. The first-order valence-electron chi connectivity index (χ1n) is 14.1. The fraction of sp³-hybridized carbons (Fsp3) is 0.0526. The topological polar surface area (TPSA) is 18.5 Å². The van der Waals surface area contributed by atoms with Gasteiger partial charge in [0.1, 0.15) is 23.0 Å². The third-order valence-electron chi connectivity index (χ3n) is 8.50. The molecule has 2 nitrogen and oxygen atoms in total. The summed E-state index contributed by atoms with van der Waals surface area (Å²) in [7, 11) is 0. The Labute approximate surface area is 240 Å². The molecule has 3 heteroatoms. The molecule has 194 valence electrons. The molecule has 0 fully saturated rings. The monoisotopic (exact) mass is 526 g/mol. The number of benzene rings is 6. The van der Waals surface area contributed by atoms with Crippen molar-refractivity contribution in [2.45, 2.75) is 13.8 Å². The molecule has 0 bridgehead atoms. The molecule has 2 aliphatic heterocycles. The van der Waals surface area contributed by atoms with Gasteiger partial charge < -0.3 is 9.47 Å². The first-order valence-corrected chi connectivity index (χ1v) is 14.1. The fourth-order valence-corrected chi connectivity index (χ4v) is 6.47. The van der Waals surface area contributed by atoms with Gasteiger partial charge in [-0.2, -0.15) is 0 Å². The Balaban J connectivity index is 1.40. The molecule has 41 heavy (non-hydrogen) atoms. The molecule has 2 heterocycles. The Bertz CT molecular complexity index is 1980. The average Bonchev–Trinajstić information content (AvgIpc) is 3.01. The van der Waals surface area contributed by atoms with Crippen molar-refractivity contribution in [3.05, 3.63) is 139 Å². The van der Waals surface area contributed by atoms with Crippen LogP contribution >= 0.6 is 0 Å². The van der Waals surface area contributed by atoms with Crippen LogP contribution in [0.2, 0.25) is 0 Å². The summed E-state index contributed by atoms with van der Waals surface area (Å²) in [6.07, 6.45) is 0. The smallest absolute Gasteiger partial charge is 0.260 e. The van der Waals surface area contributed by atoms with E-state index in [0.29, 0.717) is 0 Å². The van der Waals surface area contributed by atoms with Gasteiger partial charge in [0.15, 0.2) is 0 Å². The van der Waals surface area contributed by atoms with Crippen molar-refractivity contribution in [2.24, 2.45) is 0 Å². The fourth-order valence-electron chi connectivity index (χ4n) is 6.47. The van der Waals surface area contributed by atoms with Gasteiger partial charge in [-0.3, -0.25) is 0 Å². The van der Waals surface area contributed by atoms with E-state index in [-0.39, 0.29) is 6.71 Å². The van der Waals surface area contributed by atoms with Gasteiger partial charge in [-0.15, -0.1) is 0 Å². The predicted molar refractivity (Wildman–Crippen MR) is 170 cm³/mol. The quantitative estimate of drug-likeness (QED) is 0.217. The summed E-state index contributed by atoms with van der Waals surface area (Å²) in [4.78, 5) is 0. The maximum atomic E-state index is 6.92. The zero-order valence-electron chi connectivity index (χ0n) is 23.0. The van der Waals surface area contributed by atoms with E-state index in [4.69, 9.17) is 9.47 Å². The van der Waals surface area contributed by atoms with Crippen molar-refractivity contribution < 1.29 is 9.47 Å². The van der Waals surface area contributed by atoms with E-state index in [0.717, 1.165) is 50.5 Å². The maximum absolute atomic E-state index is 6.92. The van der Waals surface area contributed by atoms with E-state index in [1.807, 2.05) is 0 Å². The normalized spacial score (nSPS) is 12.5. The van der Waals surface area contributed by atoms with Crippen LogP contribution in [-0.2, 0) is 0 Å². The Morgan fingerprint density at radius 3 is 1.85 bits per heavy atom. The van der Waals surface area contributed by atoms with Crippen LogP contribution < -0.4 is 25.9 Å². The van der Waals surface area contributed by atoms with Gasteiger partial charge in [-0.25, -0.2) is 0 Å². The van der Waals surface area contributed by atoms with E-state index >= 15 is 0 Å². The number of aryl methyl sites for hydroxylation is 2. The minimum atomic E-state index is -0.00829. The minimum Gasteiger partial charge on any atom is -0.458 e. The number of para-hydroxylation sites is 1. The number of fused-ring (bicyclic) bond motifs is 4. The van der Waals surface area contributed by atoms with Crippen LogP contribution in [0.15, 0.2) is 127 Å². The zero-order valence-corrected chi connectivity index (χ0v) is 23.0. The van der Waals surface area contributed by atoms with Crippen LogP contribution in [0.4, 0.5) is 0 Å². The predicted octanol–water partition coefficient (Wildman–Crippen LogP) is 8.03. The summed E-state index contributed by atoms with van der Waals surface area (Å²) in [6, 6.07) is 45.1. The van der Waals surface area contributed by atoms with E-state index in [2.05, 4.69) is 141 Å². The summed E-state index contributed by atoms with van der Waals surface area (Å²) < 4.78 is 13.6. The third kappa shape index (κ3) is 3.81. The average molecular weight is 526 g/mol. The van der Waals surface area contributed by atoms with Crippen LogP contribution in [-0.4, -0.2) is 6.71 Å². The van der Waals surface area contributed by atoms with Crippen LogP contribution in [0.3, 0.4) is 0 Å². The van der Waals surface area contributed by atoms with E-state index in [1.54, 1.807) is 0 Å². The lowest BCUT2D eigenvalue weighted by Crippen LogP contribution is -2.57. The molecular formula is C38H27BO2. The number of rotatable bonds is 3. The number of hydrogen-bond donors (Lipinski definition) is 0. The van der Waals surface area contributed by atoms with Crippen LogP contribution in [0.25, 0.3) is 33.4 Å². The van der Waals surface area contributed by atoms with E-state index < -0.39 is 0 Å². The Hall–Kier alpha value is -5.02. The van der Waals surface area contributed by atoms with Gasteiger partial charge in [-0.05, 0) is 81.9 Å². The molecule has 8 rings (SSSR count). The molecule has 0 atom stereocenters. The summed E-state index contributed by atoms with van der Waals surface area (Å²) in [6.45, 7) is 4.30. The van der Waals surface area contributed by atoms with Gasteiger partial charge in [0.05, 0.1) is 0 Å². The van der Waals surface area contributed by atoms with Crippen molar-refractivity contribution >= 4 is 23.1 Å². The lowest BCUT2D eigenvalue weighted by Gasteiger charge is -2.34. The van der Waals surface area contributed by atoms with Gasteiger partial charge in [0.2, 0.25) is 0 Å². The Morgan fingerprint density at radius 2 is 1.10 bits per heavy atom. The maximum Gasteiger partial charge on any atom is 0.260 e. The molecular weight excluding hydrogens is 499 g/mol. The molecule has 6 aromatic rings. The van der Waals surface area contributed by atoms with E-state index in [1.165, 1.54) is 33.4 Å². The number of hydrogen-bond acceptors (Lipinski definition) is 2. The lowest BCUT2D eigenvalue weighted by molar-refractivity contribution is 0.466. The molecule has 0 spiro atoms. The first kappa shape index (κ1) is 23.8. The molecule has 0 aliphatic carbocycles. The largest absolute Gasteiger partial charge is 0.458 e.